The Morgan fingerprint density at radius 2 is 2.05 bits per heavy atom. The minimum Gasteiger partial charge on any atom is -0.375 e. The lowest BCUT2D eigenvalue weighted by Crippen LogP contribution is -2.36. The summed E-state index contributed by atoms with van der Waals surface area (Å²) in [6.45, 7) is 3.79. The first-order chi connectivity index (χ1) is 9.13. The molecular weight excluding hydrogens is 322 g/mol. The molecule has 4 nitrogen and oxygen atoms in total. The molecule has 1 rings (SSSR count). The van der Waals surface area contributed by atoms with E-state index in [0.29, 0.717) is 6.54 Å². The maximum absolute atomic E-state index is 11.9. The van der Waals surface area contributed by atoms with E-state index in [9.17, 15) is 13.6 Å². The number of nitrogens with zero attached hydrogens (tertiary/aromatic N) is 2. The summed E-state index contributed by atoms with van der Waals surface area (Å²) < 4.78 is 28.4. The summed E-state index contributed by atoms with van der Waals surface area (Å²) in [7, 11) is 0. The molecule has 0 spiro atoms. The van der Waals surface area contributed by atoms with Gasteiger partial charge in [-0.15, -0.1) is 0 Å². The van der Waals surface area contributed by atoms with Gasteiger partial charge in [0.05, 0.1) is 13.0 Å². The van der Waals surface area contributed by atoms with Crippen LogP contribution in [0.25, 0.3) is 0 Å². The standard InChI is InChI=1S/C12H21BrF2N2O2/c13-3-6-16-4-1-5-17(8-7-16)12(18)2-9-19-10-11(14)15/h11H,1-10H2. The molecule has 19 heavy (non-hydrogen) atoms. The number of hydrogen-bond donors (Lipinski definition) is 0. The van der Waals surface area contributed by atoms with E-state index in [1.54, 1.807) is 4.90 Å². The molecule has 0 unspecified atom stereocenters. The average molecular weight is 343 g/mol. The molecule has 0 radical (unpaired) electrons. The normalized spacial score (nSPS) is 17.8. The van der Waals surface area contributed by atoms with Crippen molar-refractivity contribution in [1.82, 2.24) is 9.80 Å². The van der Waals surface area contributed by atoms with Crippen LogP contribution in [0, 0.1) is 0 Å². The third-order valence-electron chi connectivity index (χ3n) is 3.05. The molecular formula is C12H21BrF2N2O2. The Morgan fingerprint density at radius 3 is 2.74 bits per heavy atom. The van der Waals surface area contributed by atoms with E-state index in [2.05, 4.69) is 20.8 Å². The number of rotatable bonds is 7. The van der Waals surface area contributed by atoms with Crippen LogP contribution in [0.4, 0.5) is 8.78 Å². The summed E-state index contributed by atoms with van der Waals surface area (Å²) in [5.74, 6) is -0.00467. The van der Waals surface area contributed by atoms with Crippen LogP contribution >= 0.6 is 15.9 Å². The van der Waals surface area contributed by atoms with Gasteiger partial charge in [-0.25, -0.2) is 8.78 Å². The van der Waals surface area contributed by atoms with Gasteiger partial charge in [0.1, 0.15) is 6.61 Å². The van der Waals surface area contributed by atoms with Crippen LogP contribution < -0.4 is 0 Å². The molecule has 0 aromatic rings. The molecule has 7 heteroatoms. The van der Waals surface area contributed by atoms with Gasteiger partial charge in [-0.1, -0.05) is 15.9 Å². The van der Waals surface area contributed by atoms with Gasteiger partial charge in [0.25, 0.3) is 6.43 Å². The van der Waals surface area contributed by atoms with Gasteiger partial charge in [-0.2, -0.15) is 0 Å². The Labute approximate surface area is 121 Å². The minimum absolute atomic E-state index is 0.00467. The molecule has 0 aromatic carbocycles. The highest BCUT2D eigenvalue weighted by atomic mass is 79.9. The van der Waals surface area contributed by atoms with Gasteiger partial charge in [0.15, 0.2) is 0 Å². The first-order valence-corrected chi connectivity index (χ1v) is 7.67. The second-order valence-corrected chi connectivity index (χ2v) is 5.27. The number of alkyl halides is 3. The molecule has 1 aliphatic heterocycles. The zero-order valence-corrected chi connectivity index (χ0v) is 12.6. The lowest BCUT2D eigenvalue weighted by Gasteiger charge is -2.21. The molecule has 1 fully saturated rings. The van der Waals surface area contributed by atoms with Crippen molar-refractivity contribution in [2.45, 2.75) is 19.3 Å². The minimum atomic E-state index is -2.47. The summed E-state index contributed by atoms with van der Waals surface area (Å²) >= 11 is 3.41. The van der Waals surface area contributed by atoms with Crippen LogP contribution in [-0.2, 0) is 9.53 Å². The summed E-state index contributed by atoms with van der Waals surface area (Å²) in [6.07, 6.45) is -1.33. The number of hydrogen-bond acceptors (Lipinski definition) is 3. The number of ether oxygens (including phenoxy) is 1. The van der Waals surface area contributed by atoms with Crippen molar-refractivity contribution in [2.75, 3.05) is 51.3 Å². The monoisotopic (exact) mass is 342 g/mol. The predicted octanol–water partition coefficient (Wildman–Crippen LogP) is 1.59. The SMILES string of the molecule is O=C(CCOCC(F)F)N1CCCN(CCBr)CC1. The van der Waals surface area contributed by atoms with Crippen LogP contribution in [0.3, 0.4) is 0 Å². The van der Waals surface area contributed by atoms with E-state index in [1.165, 1.54) is 0 Å². The van der Waals surface area contributed by atoms with Crippen LogP contribution in [0.15, 0.2) is 0 Å². The highest BCUT2D eigenvalue weighted by Crippen LogP contribution is 2.06. The maximum atomic E-state index is 11.9. The number of carbonyl (C=O) groups excluding carboxylic acids is 1. The summed E-state index contributed by atoms with van der Waals surface area (Å²) in [4.78, 5) is 16.0. The van der Waals surface area contributed by atoms with Gasteiger partial charge >= 0.3 is 0 Å². The topological polar surface area (TPSA) is 32.8 Å². The fraction of sp³-hybridized carbons (Fsp3) is 0.917. The Kier molecular flexibility index (Phi) is 8.48. The van der Waals surface area contributed by atoms with Crippen LogP contribution in [-0.4, -0.2) is 73.4 Å². The summed E-state index contributed by atoms with van der Waals surface area (Å²) in [5, 5.41) is 0.933. The molecule has 0 saturated carbocycles. The van der Waals surface area contributed by atoms with Crippen LogP contribution in [0.1, 0.15) is 12.8 Å². The zero-order chi connectivity index (χ0) is 14.1. The van der Waals surface area contributed by atoms with Crippen molar-refractivity contribution in [2.24, 2.45) is 0 Å². The summed E-state index contributed by atoms with van der Waals surface area (Å²) in [6, 6.07) is 0. The molecule has 112 valence electrons. The zero-order valence-electron chi connectivity index (χ0n) is 11.0. The van der Waals surface area contributed by atoms with E-state index in [-0.39, 0.29) is 18.9 Å². The quantitative estimate of drug-likeness (QED) is 0.520. The molecule has 0 aromatic heterocycles. The van der Waals surface area contributed by atoms with Crippen molar-refractivity contribution in [3.8, 4) is 0 Å². The second-order valence-electron chi connectivity index (χ2n) is 4.48. The van der Waals surface area contributed by atoms with Gasteiger partial charge in [-0.3, -0.25) is 4.79 Å². The third-order valence-corrected chi connectivity index (χ3v) is 3.40. The highest BCUT2D eigenvalue weighted by molar-refractivity contribution is 9.09. The third kappa shape index (κ3) is 7.17. The predicted molar refractivity (Wildman–Crippen MR) is 72.9 cm³/mol. The van der Waals surface area contributed by atoms with Crippen molar-refractivity contribution in [3.63, 3.8) is 0 Å². The van der Waals surface area contributed by atoms with E-state index in [4.69, 9.17) is 4.74 Å². The van der Waals surface area contributed by atoms with E-state index >= 15 is 0 Å². The first kappa shape index (κ1) is 16.8. The largest absolute Gasteiger partial charge is 0.375 e. The van der Waals surface area contributed by atoms with E-state index in [0.717, 1.165) is 37.9 Å². The maximum Gasteiger partial charge on any atom is 0.261 e. The van der Waals surface area contributed by atoms with Crippen molar-refractivity contribution in [3.05, 3.63) is 0 Å². The van der Waals surface area contributed by atoms with Crippen molar-refractivity contribution >= 4 is 21.8 Å². The van der Waals surface area contributed by atoms with E-state index in [1.807, 2.05) is 0 Å². The van der Waals surface area contributed by atoms with Crippen LogP contribution in [0.5, 0.6) is 0 Å². The molecule has 1 saturated heterocycles. The number of amides is 1. The highest BCUT2D eigenvalue weighted by Gasteiger charge is 2.18. The Bertz CT molecular complexity index is 270. The van der Waals surface area contributed by atoms with Gasteiger partial charge in [0, 0.05) is 31.5 Å². The smallest absolute Gasteiger partial charge is 0.261 e. The van der Waals surface area contributed by atoms with Crippen molar-refractivity contribution < 1.29 is 18.3 Å². The molecule has 0 bridgehead atoms. The average Bonchev–Trinajstić information content (AvgIpc) is 2.60. The van der Waals surface area contributed by atoms with Gasteiger partial charge in [0.2, 0.25) is 5.91 Å². The lowest BCUT2D eigenvalue weighted by atomic mass is 10.3. The molecule has 1 heterocycles. The van der Waals surface area contributed by atoms with Gasteiger partial charge < -0.3 is 14.5 Å². The lowest BCUT2D eigenvalue weighted by molar-refractivity contribution is -0.132. The fourth-order valence-corrected chi connectivity index (χ4v) is 2.55. The fourth-order valence-electron chi connectivity index (χ4n) is 2.05. The Balaban J connectivity index is 2.21. The molecule has 1 aliphatic rings. The van der Waals surface area contributed by atoms with Crippen molar-refractivity contribution in [1.29, 1.82) is 0 Å². The Hall–Kier alpha value is -0.270. The Morgan fingerprint density at radius 1 is 1.26 bits per heavy atom. The number of carbonyl (C=O) groups is 1. The molecule has 0 aliphatic carbocycles. The molecule has 0 atom stereocenters. The van der Waals surface area contributed by atoms with E-state index < -0.39 is 13.0 Å². The van der Waals surface area contributed by atoms with Crippen LogP contribution in [0.2, 0.25) is 0 Å². The summed E-state index contributed by atoms with van der Waals surface area (Å²) in [5.41, 5.74) is 0. The van der Waals surface area contributed by atoms with Gasteiger partial charge in [-0.05, 0) is 13.0 Å². The first-order valence-electron chi connectivity index (χ1n) is 6.55. The second kappa shape index (κ2) is 9.61. The number of halogens is 3. The molecule has 0 N–H and O–H groups in total. The molecule has 1 amide bonds.